The van der Waals surface area contributed by atoms with E-state index in [9.17, 15) is 9.18 Å². The Labute approximate surface area is 127 Å². The van der Waals surface area contributed by atoms with Crippen LogP contribution in [0, 0.1) is 5.82 Å². The number of carbonyl (C=O) groups is 1. The quantitative estimate of drug-likeness (QED) is 0.721. The normalized spacial score (nSPS) is 12.3. The molecule has 3 nitrogen and oxygen atoms in total. The molecule has 0 aromatic heterocycles. The van der Waals surface area contributed by atoms with Gasteiger partial charge in [0.2, 0.25) is 5.91 Å². The van der Waals surface area contributed by atoms with Crippen molar-refractivity contribution in [1.82, 2.24) is 9.80 Å². The van der Waals surface area contributed by atoms with Gasteiger partial charge in [0.25, 0.3) is 0 Å². The van der Waals surface area contributed by atoms with Crippen LogP contribution in [0.25, 0.3) is 0 Å². The average Bonchev–Trinajstić information content (AvgIpc) is 2.42. The number of nitrogens with zero attached hydrogens (tertiary/aromatic N) is 2. The van der Waals surface area contributed by atoms with Crippen LogP contribution in [-0.2, 0) is 11.3 Å². The maximum atomic E-state index is 13.2. The monoisotopic (exact) mass is 292 g/mol. The largest absolute Gasteiger partial charge is 0.338 e. The Hall–Kier alpha value is -1.68. The SMILES string of the molecule is C=C(C)CN(CC)C(=O)C(C)N(C)Cc1cccc(F)c1. The summed E-state index contributed by atoms with van der Waals surface area (Å²) in [4.78, 5) is 16.2. The van der Waals surface area contributed by atoms with Gasteiger partial charge in [-0.05, 0) is 45.5 Å². The molecule has 0 spiro atoms. The summed E-state index contributed by atoms with van der Waals surface area (Å²) >= 11 is 0. The lowest BCUT2D eigenvalue weighted by Crippen LogP contribution is -2.45. The van der Waals surface area contributed by atoms with Crippen LogP contribution in [0.2, 0.25) is 0 Å². The van der Waals surface area contributed by atoms with E-state index in [0.29, 0.717) is 19.6 Å². The smallest absolute Gasteiger partial charge is 0.239 e. The lowest BCUT2D eigenvalue weighted by molar-refractivity contribution is -0.135. The van der Waals surface area contributed by atoms with Crippen molar-refractivity contribution in [3.63, 3.8) is 0 Å². The second-order valence-corrected chi connectivity index (χ2v) is 5.53. The molecule has 116 valence electrons. The van der Waals surface area contributed by atoms with Crippen molar-refractivity contribution in [2.45, 2.75) is 33.4 Å². The first-order chi connectivity index (χ1) is 9.85. The lowest BCUT2D eigenvalue weighted by atomic mass is 10.1. The molecule has 0 heterocycles. The highest BCUT2D eigenvalue weighted by Gasteiger charge is 2.23. The maximum absolute atomic E-state index is 13.2. The molecule has 1 unspecified atom stereocenters. The van der Waals surface area contributed by atoms with Gasteiger partial charge in [0.1, 0.15) is 5.82 Å². The molecule has 0 aliphatic heterocycles. The second kappa shape index (κ2) is 7.93. The Morgan fingerprint density at radius 3 is 2.62 bits per heavy atom. The molecule has 1 aromatic carbocycles. The summed E-state index contributed by atoms with van der Waals surface area (Å²) in [7, 11) is 1.88. The highest BCUT2D eigenvalue weighted by atomic mass is 19.1. The van der Waals surface area contributed by atoms with Crippen molar-refractivity contribution >= 4 is 5.91 Å². The number of rotatable bonds is 7. The molecule has 0 aliphatic carbocycles. The van der Waals surface area contributed by atoms with E-state index in [1.807, 2.05) is 38.8 Å². The van der Waals surface area contributed by atoms with E-state index in [4.69, 9.17) is 0 Å². The first kappa shape index (κ1) is 17.4. The molecule has 0 aliphatic rings. The Balaban J connectivity index is 2.70. The van der Waals surface area contributed by atoms with Crippen LogP contribution < -0.4 is 0 Å². The molecule has 0 saturated carbocycles. The minimum Gasteiger partial charge on any atom is -0.338 e. The predicted octanol–water partition coefficient (Wildman–Crippen LogP) is 3.07. The van der Waals surface area contributed by atoms with E-state index in [0.717, 1.165) is 11.1 Å². The van der Waals surface area contributed by atoms with E-state index in [2.05, 4.69) is 6.58 Å². The van der Waals surface area contributed by atoms with Crippen molar-refractivity contribution in [3.05, 3.63) is 47.8 Å². The van der Waals surface area contributed by atoms with Crippen LogP contribution in [0.4, 0.5) is 4.39 Å². The summed E-state index contributed by atoms with van der Waals surface area (Å²) in [6, 6.07) is 6.21. The van der Waals surface area contributed by atoms with Gasteiger partial charge in [-0.25, -0.2) is 4.39 Å². The summed E-state index contributed by atoms with van der Waals surface area (Å²) in [6.07, 6.45) is 0. The Kier molecular flexibility index (Phi) is 6.56. The zero-order chi connectivity index (χ0) is 16.0. The van der Waals surface area contributed by atoms with Gasteiger partial charge >= 0.3 is 0 Å². The van der Waals surface area contributed by atoms with Gasteiger partial charge in [-0.15, -0.1) is 0 Å². The van der Waals surface area contributed by atoms with Gasteiger partial charge in [-0.1, -0.05) is 24.3 Å². The van der Waals surface area contributed by atoms with Gasteiger partial charge in [-0.2, -0.15) is 0 Å². The standard InChI is InChI=1S/C17H25FN2O/c1-6-20(11-13(2)3)17(21)14(4)19(5)12-15-8-7-9-16(18)10-15/h7-10,14H,2,6,11-12H2,1,3-5H3. The number of amides is 1. The van der Waals surface area contributed by atoms with E-state index >= 15 is 0 Å². The van der Waals surface area contributed by atoms with Gasteiger partial charge < -0.3 is 4.90 Å². The number of benzene rings is 1. The molecule has 1 aromatic rings. The zero-order valence-electron chi connectivity index (χ0n) is 13.4. The van der Waals surface area contributed by atoms with Gasteiger partial charge in [0.05, 0.1) is 6.04 Å². The van der Waals surface area contributed by atoms with E-state index in [1.165, 1.54) is 12.1 Å². The molecule has 0 saturated heterocycles. The van der Waals surface area contributed by atoms with E-state index in [1.54, 1.807) is 11.0 Å². The molecule has 21 heavy (non-hydrogen) atoms. The fourth-order valence-electron chi connectivity index (χ4n) is 2.18. The predicted molar refractivity (Wildman–Crippen MR) is 84.4 cm³/mol. The number of hydrogen-bond acceptors (Lipinski definition) is 2. The third-order valence-electron chi connectivity index (χ3n) is 3.49. The second-order valence-electron chi connectivity index (χ2n) is 5.53. The Bertz CT molecular complexity index is 501. The van der Waals surface area contributed by atoms with Crippen LogP contribution in [0.3, 0.4) is 0 Å². The maximum Gasteiger partial charge on any atom is 0.239 e. The van der Waals surface area contributed by atoms with Gasteiger partial charge in [-0.3, -0.25) is 9.69 Å². The first-order valence-electron chi connectivity index (χ1n) is 7.23. The van der Waals surface area contributed by atoms with E-state index in [-0.39, 0.29) is 17.8 Å². The van der Waals surface area contributed by atoms with Crippen molar-refractivity contribution in [1.29, 1.82) is 0 Å². The molecule has 1 atom stereocenters. The molecule has 1 amide bonds. The molecule has 0 fully saturated rings. The molecular weight excluding hydrogens is 267 g/mol. The van der Waals surface area contributed by atoms with Crippen molar-refractivity contribution in [2.75, 3.05) is 20.1 Å². The fourth-order valence-corrected chi connectivity index (χ4v) is 2.18. The zero-order valence-corrected chi connectivity index (χ0v) is 13.4. The number of carbonyl (C=O) groups excluding carboxylic acids is 1. The lowest BCUT2D eigenvalue weighted by Gasteiger charge is -2.30. The average molecular weight is 292 g/mol. The molecule has 4 heteroatoms. The van der Waals surface area contributed by atoms with E-state index < -0.39 is 0 Å². The van der Waals surface area contributed by atoms with Crippen LogP contribution in [0.5, 0.6) is 0 Å². The summed E-state index contributed by atoms with van der Waals surface area (Å²) in [5, 5.41) is 0. The highest BCUT2D eigenvalue weighted by Crippen LogP contribution is 2.11. The van der Waals surface area contributed by atoms with Gasteiger partial charge in [0, 0.05) is 19.6 Å². The van der Waals surface area contributed by atoms with Crippen LogP contribution in [0.15, 0.2) is 36.4 Å². The van der Waals surface area contributed by atoms with Crippen LogP contribution in [-0.4, -0.2) is 41.9 Å². The minimum atomic E-state index is -0.257. The number of halogens is 1. The summed E-state index contributed by atoms with van der Waals surface area (Å²) in [5.41, 5.74) is 1.82. The molecule has 0 bridgehead atoms. The van der Waals surface area contributed by atoms with Crippen LogP contribution >= 0.6 is 0 Å². The summed E-state index contributed by atoms with van der Waals surface area (Å²) in [5.74, 6) is -0.184. The third kappa shape index (κ3) is 5.31. The van der Waals surface area contributed by atoms with Crippen LogP contribution in [0.1, 0.15) is 26.3 Å². The molecular formula is C17H25FN2O. The number of hydrogen-bond donors (Lipinski definition) is 0. The number of likely N-dealkylation sites (N-methyl/N-ethyl adjacent to an activating group) is 2. The van der Waals surface area contributed by atoms with Crippen molar-refractivity contribution in [2.24, 2.45) is 0 Å². The summed E-state index contributed by atoms with van der Waals surface area (Å²) in [6.45, 7) is 11.4. The molecule has 0 N–H and O–H groups in total. The van der Waals surface area contributed by atoms with Crippen molar-refractivity contribution in [3.8, 4) is 0 Å². The van der Waals surface area contributed by atoms with Gasteiger partial charge in [0.15, 0.2) is 0 Å². The molecule has 1 rings (SSSR count). The highest BCUT2D eigenvalue weighted by molar-refractivity contribution is 5.81. The molecule has 0 radical (unpaired) electrons. The first-order valence-corrected chi connectivity index (χ1v) is 7.23. The minimum absolute atomic E-state index is 0.0689. The third-order valence-corrected chi connectivity index (χ3v) is 3.49. The topological polar surface area (TPSA) is 23.6 Å². The van der Waals surface area contributed by atoms with Crippen molar-refractivity contribution < 1.29 is 9.18 Å². The Morgan fingerprint density at radius 1 is 1.43 bits per heavy atom. The fraction of sp³-hybridized carbons (Fsp3) is 0.471. The Morgan fingerprint density at radius 2 is 2.10 bits per heavy atom. The summed E-state index contributed by atoms with van der Waals surface area (Å²) < 4.78 is 13.2.